The standard InChI is InChI=1S/C12H13NO4/c14-11(15)6-7-12(16)17-9-8-13-10-4-2-1-3-5-10/h1-7,13H,8-9H2,(H,14,15)/b7-6+. The summed E-state index contributed by atoms with van der Waals surface area (Å²) in [6, 6.07) is 9.48. The van der Waals surface area contributed by atoms with Gasteiger partial charge < -0.3 is 15.2 Å². The van der Waals surface area contributed by atoms with Crippen LogP contribution in [-0.4, -0.2) is 30.2 Å². The predicted octanol–water partition coefficient (Wildman–Crippen LogP) is 1.28. The molecule has 0 fully saturated rings. The zero-order valence-corrected chi connectivity index (χ0v) is 9.13. The minimum absolute atomic E-state index is 0.178. The summed E-state index contributed by atoms with van der Waals surface area (Å²) in [5.41, 5.74) is 0.935. The average molecular weight is 235 g/mol. The third-order valence-corrected chi connectivity index (χ3v) is 1.81. The Labute approximate surface area is 98.7 Å². The van der Waals surface area contributed by atoms with Crippen molar-refractivity contribution in [2.75, 3.05) is 18.5 Å². The zero-order valence-electron chi connectivity index (χ0n) is 9.13. The van der Waals surface area contributed by atoms with E-state index in [1.807, 2.05) is 30.3 Å². The summed E-state index contributed by atoms with van der Waals surface area (Å²) < 4.78 is 4.76. The van der Waals surface area contributed by atoms with E-state index in [1.54, 1.807) is 0 Å². The van der Waals surface area contributed by atoms with Gasteiger partial charge in [-0.25, -0.2) is 9.59 Å². The molecule has 2 N–H and O–H groups in total. The number of rotatable bonds is 6. The lowest BCUT2D eigenvalue weighted by Crippen LogP contribution is -2.12. The molecule has 0 aromatic heterocycles. The summed E-state index contributed by atoms with van der Waals surface area (Å²) in [7, 11) is 0. The van der Waals surface area contributed by atoms with Gasteiger partial charge in [-0.1, -0.05) is 18.2 Å². The molecule has 0 unspecified atom stereocenters. The van der Waals surface area contributed by atoms with Crippen LogP contribution in [0, 0.1) is 0 Å². The molecular formula is C12H13NO4. The Morgan fingerprint density at radius 2 is 1.94 bits per heavy atom. The van der Waals surface area contributed by atoms with Crippen molar-refractivity contribution in [3.63, 3.8) is 0 Å². The van der Waals surface area contributed by atoms with Crippen LogP contribution in [0.4, 0.5) is 5.69 Å². The number of carbonyl (C=O) groups is 2. The van der Waals surface area contributed by atoms with E-state index in [0.717, 1.165) is 17.8 Å². The van der Waals surface area contributed by atoms with Crippen LogP contribution in [0.1, 0.15) is 0 Å². The van der Waals surface area contributed by atoms with Crippen LogP contribution >= 0.6 is 0 Å². The molecule has 0 aliphatic heterocycles. The maximum atomic E-state index is 11.0. The first-order valence-corrected chi connectivity index (χ1v) is 5.05. The van der Waals surface area contributed by atoms with Crippen LogP contribution < -0.4 is 5.32 Å². The maximum Gasteiger partial charge on any atom is 0.331 e. The summed E-state index contributed by atoms with van der Waals surface area (Å²) in [5, 5.41) is 11.3. The van der Waals surface area contributed by atoms with E-state index in [9.17, 15) is 9.59 Å². The topological polar surface area (TPSA) is 75.6 Å². The minimum Gasteiger partial charge on any atom is -0.478 e. The fourth-order valence-electron chi connectivity index (χ4n) is 1.09. The van der Waals surface area contributed by atoms with Crippen LogP contribution in [0.3, 0.4) is 0 Å². The molecule has 0 radical (unpaired) electrons. The summed E-state index contributed by atoms with van der Waals surface area (Å²) in [6.07, 6.45) is 1.62. The number of benzene rings is 1. The summed E-state index contributed by atoms with van der Waals surface area (Å²) in [6.45, 7) is 0.647. The van der Waals surface area contributed by atoms with E-state index in [1.165, 1.54) is 0 Å². The number of aliphatic carboxylic acids is 1. The van der Waals surface area contributed by atoms with Gasteiger partial charge in [0.2, 0.25) is 0 Å². The number of carboxylic acids is 1. The Morgan fingerprint density at radius 3 is 2.59 bits per heavy atom. The molecule has 0 saturated carbocycles. The highest BCUT2D eigenvalue weighted by molar-refractivity contribution is 5.90. The highest BCUT2D eigenvalue weighted by Gasteiger charge is 1.97. The molecular weight excluding hydrogens is 222 g/mol. The Kier molecular flexibility index (Phi) is 5.30. The van der Waals surface area contributed by atoms with E-state index < -0.39 is 11.9 Å². The van der Waals surface area contributed by atoms with Gasteiger partial charge in [0.25, 0.3) is 0 Å². The van der Waals surface area contributed by atoms with Crippen molar-refractivity contribution in [1.29, 1.82) is 0 Å². The van der Waals surface area contributed by atoms with Gasteiger partial charge in [0.1, 0.15) is 6.61 Å². The van der Waals surface area contributed by atoms with E-state index in [2.05, 4.69) is 5.32 Å². The second kappa shape index (κ2) is 7.05. The molecule has 1 aromatic carbocycles. The van der Waals surface area contributed by atoms with Gasteiger partial charge >= 0.3 is 11.9 Å². The normalized spacial score (nSPS) is 10.1. The van der Waals surface area contributed by atoms with Gasteiger partial charge in [-0.05, 0) is 12.1 Å². The van der Waals surface area contributed by atoms with E-state index >= 15 is 0 Å². The molecule has 1 aromatic rings. The molecule has 0 atom stereocenters. The van der Waals surface area contributed by atoms with Crippen LogP contribution in [0.15, 0.2) is 42.5 Å². The Bertz CT molecular complexity index is 400. The average Bonchev–Trinajstić information content (AvgIpc) is 2.33. The molecule has 90 valence electrons. The second-order valence-electron chi connectivity index (χ2n) is 3.13. The summed E-state index contributed by atoms with van der Waals surface area (Å²) in [4.78, 5) is 21.1. The van der Waals surface area contributed by atoms with E-state index in [4.69, 9.17) is 9.84 Å². The SMILES string of the molecule is O=C(O)/C=C/C(=O)OCCNc1ccccc1. The second-order valence-corrected chi connectivity index (χ2v) is 3.13. The van der Waals surface area contributed by atoms with Gasteiger partial charge in [-0.15, -0.1) is 0 Å². The fourth-order valence-corrected chi connectivity index (χ4v) is 1.09. The molecule has 17 heavy (non-hydrogen) atoms. The first kappa shape index (κ1) is 12.8. The maximum absolute atomic E-state index is 11.0. The number of ether oxygens (including phenoxy) is 1. The molecule has 0 aliphatic rings. The van der Waals surface area contributed by atoms with Gasteiger partial charge in [-0.3, -0.25) is 0 Å². The number of carboxylic acid groups (broad SMARTS) is 1. The number of esters is 1. The molecule has 0 spiro atoms. The Morgan fingerprint density at radius 1 is 1.24 bits per heavy atom. The first-order chi connectivity index (χ1) is 8.18. The number of anilines is 1. The van der Waals surface area contributed by atoms with Crippen LogP contribution in [-0.2, 0) is 14.3 Å². The number of nitrogens with one attached hydrogen (secondary N) is 1. The number of carbonyl (C=O) groups excluding carboxylic acids is 1. The Balaban J connectivity index is 2.16. The molecule has 0 bridgehead atoms. The van der Waals surface area contributed by atoms with Crippen molar-refractivity contribution in [2.24, 2.45) is 0 Å². The third kappa shape index (κ3) is 5.99. The zero-order chi connectivity index (χ0) is 12.5. The summed E-state index contributed by atoms with van der Waals surface area (Å²) in [5.74, 6) is -1.84. The third-order valence-electron chi connectivity index (χ3n) is 1.81. The lowest BCUT2D eigenvalue weighted by Gasteiger charge is -2.05. The highest BCUT2D eigenvalue weighted by Crippen LogP contribution is 2.03. The largest absolute Gasteiger partial charge is 0.478 e. The molecule has 0 aliphatic carbocycles. The van der Waals surface area contributed by atoms with Crippen LogP contribution in [0.25, 0.3) is 0 Å². The lowest BCUT2D eigenvalue weighted by molar-refractivity contribution is -0.138. The van der Waals surface area contributed by atoms with Gasteiger partial charge in [-0.2, -0.15) is 0 Å². The van der Waals surface area contributed by atoms with Gasteiger partial charge in [0.15, 0.2) is 0 Å². The number of hydrogen-bond acceptors (Lipinski definition) is 4. The van der Waals surface area contributed by atoms with Crippen molar-refractivity contribution >= 4 is 17.6 Å². The minimum atomic E-state index is -1.18. The number of hydrogen-bond donors (Lipinski definition) is 2. The predicted molar refractivity (Wildman–Crippen MR) is 62.7 cm³/mol. The molecule has 0 saturated heterocycles. The van der Waals surface area contributed by atoms with Crippen molar-refractivity contribution < 1.29 is 19.4 Å². The van der Waals surface area contributed by atoms with Crippen LogP contribution in [0.5, 0.6) is 0 Å². The van der Waals surface area contributed by atoms with Crippen LogP contribution in [0.2, 0.25) is 0 Å². The molecule has 1 rings (SSSR count). The monoisotopic (exact) mass is 235 g/mol. The molecule has 0 heterocycles. The van der Waals surface area contributed by atoms with Crippen molar-refractivity contribution in [2.45, 2.75) is 0 Å². The van der Waals surface area contributed by atoms with Crippen molar-refractivity contribution in [1.82, 2.24) is 0 Å². The van der Waals surface area contributed by atoms with Gasteiger partial charge in [0.05, 0.1) is 0 Å². The highest BCUT2D eigenvalue weighted by atomic mass is 16.5. The fraction of sp³-hybridized carbons (Fsp3) is 0.167. The van der Waals surface area contributed by atoms with E-state index in [-0.39, 0.29) is 6.61 Å². The summed E-state index contributed by atoms with van der Waals surface area (Å²) >= 11 is 0. The van der Waals surface area contributed by atoms with E-state index in [0.29, 0.717) is 6.54 Å². The smallest absolute Gasteiger partial charge is 0.331 e. The molecule has 5 heteroatoms. The lowest BCUT2D eigenvalue weighted by atomic mass is 10.3. The Hall–Kier alpha value is -2.30. The van der Waals surface area contributed by atoms with Crippen molar-refractivity contribution in [3.05, 3.63) is 42.5 Å². The molecule has 5 nitrogen and oxygen atoms in total. The first-order valence-electron chi connectivity index (χ1n) is 5.05. The molecule has 0 amide bonds. The quantitative estimate of drug-likeness (QED) is 0.441. The van der Waals surface area contributed by atoms with Gasteiger partial charge in [0, 0.05) is 24.4 Å². The number of para-hydroxylation sites is 1. The van der Waals surface area contributed by atoms with Crippen molar-refractivity contribution in [3.8, 4) is 0 Å².